The van der Waals surface area contributed by atoms with Crippen LogP contribution in [0.2, 0.25) is 0 Å². The van der Waals surface area contributed by atoms with Crippen LogP contribution in [0.15, 0.2) is 0 Å². The van der Waals surface area contributed by atoms with Gasteiger partial charge in [0.15, 0.2) is 0 Å². The minimum Gasteiger partial charge on any atom is -0.396 e. The molecule has 1 N–H and O–H groups in total. The van der Waals surface area contributed by atoms with Gasteiger partial charge in [-0.05, 0) is 19.3 Å². The molecule has 0 saturated heterocycles. The number of hydrogen-bond acceptors (Lipinski definition) is 2. The smallest absolute Gasteiger partial charge is 0.0597 e. The SMILES string of the molecule is CCCCCCCCCCCCCCCCCCCCCCCCCC(CCO)OCCCCC. The Morgan fingerprint density at radius 3 is 1.06 bits per heavy atom. The van der Waals surface area contributed by atoms with Crippen LogP contribution in [0.25, 0.3) is 0 Å². The molecule has 0 aliphatic heterocycles. The minimum absolute atomic E-state index is 0.262. The van der Waals surface area contributed by atoms with Crippen LogP contribution in [0.4, 0.5) is 0 Å². The molecule has 2 nitrogen and oxygen atoms in total. The highest BCUT2D eigenvalue weighted by Crippen LogP contribution is 2.16. The van der Waals surface area contributed by atoms with E-state index in [0.717, 1.165) is 25.9 Å². The lowest BCUT2D eigenvalue weighted by Gasteiger charge is -2.16. The van der Waals surface area contributed by atoms with E-state index in [2.05, 4.69) is 13.8 Å². The molecule has 0 heterocycles. The number of hydrogen-bond donors (Lipinski definition) is 1. The molecular weight excluding hydrogens is 428 g/mol. The van der Waals surface area contributed by atoms with Crippen molar-refractivity contribution in [1.82, 2.24) is 0 Å². The number of rotatable bonds is 31. The van der Waals surface area contributed by atoms with Crippen LogP contribution in [-0.2, 0) is 4.74 Å². The van der Waals surface area contributed by atoms with Crippen molar-refractivity contribution in [3.05, 3.63) is 0 Å². The molecule has 0 aromatic heterocycles. The topological polar surface area (TPSA) is 29.5 Å². The Morgan fingerprint density at radius 1 is 0.400 bits per heavy atom. The summed E-state index contributed by atoms with van der Waals surface area (Å²) in [6, 6.07) is 0. The van der Waals surface area contributed by atoms with Gasteiger partial charge in [0, 0.05) is 13.2 Å². The fourth-order valence-corrected chi connectivity index (χ4v) is 5.21. The molecule has 0 aromatic carbocycles. The normalized spacial score (nSPS) is 12.4. The lowest BCUT2D eigenvalue weighted by atomic mass is 10.0. The maximum atomic E-state index is 9.24. The molecule has 0 rings (SSSR count). The van der Waals surface area contributed by atoms with Crippen molar-refractivity contribution in [2.75, 3.05) is 13.2 Å². The maximum absolute atomic E-state index is 9.24. The van der Waals surface area contributed by atoms with Crippen molar-refractivity contribution < 1.29 is 9.84 Å². The van der Waals surface area contributed by atoms with E-state index in [1.54, 1.807) is 0 Å². The molecule has 0 radical (unpaired) electrons. The first kappa shape index (κ1) is 34.9. The summed E-state index contributed by atoms with van der Waals surface area (Å²) in [6.07, 6.45) is 39.0. The van der Waals surface area contributed by atoms with Crippen molar-refractivity contribution >= 4 is 0 Å². The summed E-state index contributed by atoms with van der Waals surface area (Å²) in [5.74, 6) is 0. The molecule has 0 aliphatic rings. The molecule has 0 bridgehead atoms. The van der Waals surface area contributed by atoms with Crippen molar-refractivity contribution in [2.24, 2.45) is 0 Å². The average Bonchev–Trinajstić information content (AvgIpc) is 2.87. The van der Waals surface area contributed by atoms with Gasteiger partial charge in [0.05, 0.1) is 6.10 Å². The summed E-state index contributed by atoms with van der Waals surface area (Å²) in [4.78, 5) is 0. The predicted molar refractivity (Wildman–Crippen MR) is 157 cm³/mol. The molecule has 1 unspecified atom stereocenters. The summed E-state index contributed by atoms with van der Waals surface area (Å²) < 4.78 is 5.97. The van der Waals surface area contributed by atoms with Crippen molar-refractivity contribution in [1.29, 1.82) is 0 Å². The van der Waals surface area contributed by atoms with Gasteiger partial charge >= 0.3 is 0 Å². The summed E-state index contributed by atoms with van der Waals surface area (Å²) in [5.41, 5.74) is 0. The molecular formula is C33H68O2. The van der Waals surface area contributed by atoms with Crippen LogP contribution in [0, 0.1) is 0 Å². The Hall–Kier alpha value is -0.0800. The predicted octanol–water partition coefficient (Wildman–Crippen LogP) is 11.3. The van der Waals surface area contributed by atoms with Crippen molar-refractivity contribution in [3.8, 4) is 0 Å². The van der Waals surface area contributed by atoms with Crippen LogP contribution in [-0.4, -0.2) is 24.4 Å². The monoisotopic (exact) mass is 497 g/mol. The first-order valence-electron chi connectivity index (χ1n) is 16.6. The fraction of sp³-hybridized carbons (Fsp3) is 1.00. The van der Waals surface area contributed by atoms with Gasteiger partial charge in [-0.1, -0.05) is 174 Å². The number of aliphatic hydroxyl groups is 1. The Morgan fingerprint density at radius 2 is 0.714 bits per heavy atom. The van der Waals surface area contributed by atoms with Gasteiger partial charge in [-0.3, -0.25) is 0 Å². The van der Waals surface area contributed by atoms with Crippen LogP contribution in [0.5, 0.6) is 0 Å². The van der Waals surface area contributed by atoms with E-state index in [-0.39, 0.29) is 12.7 Å². The Balaban J connectivity index is 3.20. The van der Waals surface area contributed by atoms with Crippen molar-refractivity contribution in [3.63, 3.8) is 0 Å². The standard InChI is InChI=1S/C33H68O2/c1-3-5-7-8-9-10-11-12-13-14-15-16-17-18-19-20-21-22-23-24-25-26-27-29-33(30-31-34)35-32-28-6-4-2/h33-34H,3-32H2,1-2H3. The third-order valence-electron chi connectivity index (χ3n) is 7.68. The summed E-state index contributed by atoms with van der Waals surface area (Å²) >= 11 is 0. The highest BCUT2D eigenvalue weighted by molar-refractivity contribution is 4.59. The van der Waals surface area contributed by atoms with E-state index >= 15 is 0 Å². The second-order valence-corrected chi connectivity index (χ2v) is 11.3. The lowest BCUT2D eigenvalue weighted by molar-refractivity contribution is 0.0267. The molecule has 0 spiro atoms. The Labute approximate surface area is 222 Å². The van der Waals surface area contributed by atoms with Crippen LogP contribution in [0.3, 0.4) is 0 Å². The first-order valence-corrected chi connectivity index (χ1v) is 16.6. The maximum Gasteiger partial charge on any atom is 0.0597 e. The third-order valence-corrected chi connectivity index (χ3v) is 7.68. The lowest BCUT2D eigenvalue weighted by Crippen LogP contribution is -2.15. The van der Waals surface area contributed by atoms with Gasteiger partial charge in [0.2, 0.25) is 0 Å². The van der Waals surface area contributed by atoms with Gasteiger partial charge in [-0.25, -0.2) is 0 Å². The second-order valence-electron chi connectivity index (χ2n) is 11.3. The van der Waals surface area contributed by atoms with Crippen LogP contribution >= 0.6 is 0 Å². The molecule has 0 fully saturated rings. The average molecular weight is 497 g/mol. The van der Waals surface area contributed by atoms with E-state index < -0.39 is 0 Å². The van der Waals surface area contributed by atoms with Gasteiger partial charge in [-0.15, -0.1) is 0 Å². The van der Waals surface area contributed by atoms with E-state index in [1.807, 2.05) is 0 Å². The fourth-order valence-electron chi connectivity index (χ4n) is 5.21. The highest BCUT2D eigenvalue weighted by atomic mass is 16.5. The number of ether oxygens (including phenoxy) is 1. The highest BCUT2D eigenvalue weighted by Gasteiger charge is 2.08. The van der Waals surface area contributed by atoms with Gasteiger partial charge < -0.3 is 9.84 Å². The zero-order chi connectivity index (χ0) is 25.5. The van der Waals surface area contributed by atoms with Gasteiger partial charge in [-0.2, -0.15) is 0 Å². The zero-order valence-electron chi connectivity index (χ0n) is 24.6. The summed E-state index contributed by atoms with van der Waals surface area (Å²) in [6.45, 7) is 5.66. The molecule has 35 heavy (non-hydrogen) atoms. The molecule has 0 saturated carbocycles. The van der Waals surface area contributed by atoms with Crippen molar-refractivity contribution in [2.45, 2.75) is 200 Å². The number of aliphatic hydroxyl groups excluding tert-OH is 1. The van der Waals surface area contributed by atoms with E-state index in [4.69, 9.17) is 4.74 Å². The largest absolute Gasteiger partial charge is 0.396 e. The second kappa shape index (κ2) is 31.9. The molecule has 212 valence electrons. The van der Waals surface area contributed by atoms with E-state index in [1.165, 1.54) is 161 Å². The van der Waals surface area contributed by atoms with E-state index in [9.17, 15) is 5.11 Å². The zero-order valence-corrected chi connectivity index (χ0v) is 24.6. The Kier molecular flexibility index (Phi) is 31.9. The third kappa shape index (κ3) is 30.0. The summed E-state index contributed by atoms with van der Waals surface area (Å²) in [7, 11) is 0. The van der Waals surface area contributed by atoms with Gasteiger partial charge in [0.25, 0.3) is 0 Å². The van der Waals surface area contributed by atoms with Crippen LogP contribution in [0.1, 0.15) is 194 Å². The Bertz CT molecular complexity index is 357. The molecule has 1 atom stereocenters. The molecule has 0 amide bonds. The minimum atomic E-state index is 0.262. The van der Waals surface area contributed by atoms with Crippen LogP contribution < -0.4 is 0 Å². The first-order chi connectivity index (χ1) is 17.3. The molecule has 2 heteroatoms. The van der Waals surface area contributed by atoms with Gasteiger partial charge in [0.1, 0.15) is 0 Å². The number of unbranched alkanes of at least 4 members (excludes halogenated alkanes) is 24. The van der Waals surface area contributed by atoms with E-state index in [0.29, 0.717) is 0 Å². The molecule has 0 aliphatic carbocycles. The summed E-state index contributed by atoms with van der Waals surface area (Å²) in [5, 5.41) is 9.24. The quantitative estimate of drug-likeness (QED) is 0.0967. The molecule has 0 aromatic rings.